The van der Waals surface area contributed by atoms with Crippen molar-refractivity contribution in [3.63, 3.8) is 0 Å². The molecule has 0 spiro atoms. The second-order valence-corrected chi connectivity index (χ2v) is 6.04. The van der Waals surface area contributed by atoms with Gasteiger partial charge in [0.1, 0.15) is 19.0 Å². The zero-order valence-electron chi connectivity index (χ0n) is 14.7. The molecule has 1 aromatic carbocycles. The predicted octanol–water partition coefficient (Wildman–Crippen LogP) is 2.70. The number of nitrogens with one attached hydrogen (secondary N) is 1. The van der Waals surface area contributed by atoms with Gasteiger partial charge in [-0.05, 0) is 31.2 Å². The topological polar surface area (TPSA) is 96.0 Å². The maximum Gasteiger partial charge on any atom is 0.339 e. The highest BCUT2D eigenvalue weighted by atomic mass is 35.5. The van der Waals surface area contributed by atoms with E-state index in [9.17, 15) is 9.59 Å². The number of benzene rings is 1. The minimum Gasteiger partial charge on any atom is -0.493 e. The number of ether oxygens (including phenoxy) is 4. The fraction of sp³-hybridized carbons (Fsp3) is 0.278. The fourth-order valence-electron chi connectivity index (χ4n) is 2.35. The van der Waals surface area contributed by atoms with Gasteiger partial charge in [0, 0.05) is 6.20 Å². The van der Waals surface area contributed by atoms with Crippen LogP contribution in [0.4, 0.5) is 5.82 Å². The minimum atomic E-state index is -1.05. The van der Waals surface area contributed by atoms with Crippen LogP contribution in [0, 0.1) is 0 Å². The Morgan fingerprint density at radius 2 is 2.04 bits per heavy atom. The number of carbonyl (C=O) groups excluding carboxylic acids is 2. The molecule has 142 valence electrons. The zero-order valence-corrected chi connectivity index (χ0v) is 15.4. The van der Waals surface area contributed by atoms with Crippen LogP contribution in [-0.4, -0.2) is 43.3 Å². The van der Waals surface area contributed by atoms with Crippen molar-refractivity contribution >= 4 is 29.3 Å². The largest absolute Gasteiger partial charge is 0.493 e. The Morgan fingerprint density at radius 1 is 1.26 bits per heavy atom. The zero-order chi connectivity index (χ0) is 19.4. The van der Waals surface area contributed by atoms with Gasteiger partial charge < -0.3 is 24.3 Å². The van der Waals surface area contributed by atoms with Crippen molar-refractivity contribution in [3.05, 3.63) is 41.0 Å². The van der Waals surface area contributed by atoms with Crippen molar-refractivity contribution in [2.24, 2.45) is 0 Å². The summed E-state index contributed by atoms with van der Waals surface area (Å²) in [5.41, 5.74) is 0.181. The van der Waals surface area contributed by atoms with Gasteiger partial charge in [0.2, 0.25) is 5.75 Å². The van der Waals surface area contributed by atoms with E-state index in [1.165, 1.54) is 32.4 Å². The molecule has 3 rings (SSSR count). The van der Waals surface area contributed by atoms with E-state index in [0.29, 0.717) is 41.3 Å². The van der Waals surface area contributed by atoms with Gasteiger partial charge >= 0.3 is 5.97 Å². The molecule has 2 aromatic rings. The maximum atomic E-state index is 12.4. The monoisotopic (exact) mass is 392 g/mol. The van der Waals surface area contributed by atoms with Crippen LogP contribution in [0.1, 0.15) is 17.3 Å². The number of pyridine rings is 1. The molecule has 0 saturated heterocycles. The van der Waals surface area contributed by atoms with E-state index in [0.717, 1.165) is 0 Å². The van der Waals surface area contributed by atoms with E-state index >= 15 is 0 Å². The Hall–Kier alpha value is -3.00. The third-order valence-corrected chi connectivity index (χ3v) is 3.92. The quantitative estimate of drug-likeness (QED) is 0.781. The molecule has 27 heavy (non-hydrogen) atoms. The normalized spacial score (nSPS) is 13.4. The summed E-state index contributed by atoms with van der Waals surface area (Å²) in [5, 5.41) is 2.99. The number of amides is 1. The lowest BCUT2D eigenvalue weighted by Crippen LogP contribution is -2.30. The van der Waals surface area contributed by atoms with Gasteiger partial charge in [0.25, 0.3) is 5.91 Å². The first kappa shape index (κ1) is 18.8. The number of hydrogen-bond acceptors (Lipinski definition) is 7. The van der Waals surface area contributed by atoms with Gasteiger partial charge in [0.15, 0.2) is 17.6 Å². The van der Waals surface area contributed by atoms with Crippen molar-refractivity contribution in [1.82, 2.24) is 4.98 Å². The van der Waals surface area contributed by atoms with Gasteiger partial charge in [-0.25, -0.2) is 9.78 Å². The van der Waals surface area contributed by atoms with Crippen LogP contribution in [0.5, 0.6) is 17.2 Å². The number of hydrogen-bond donors (Lipinski definition) is 1. The Kier molecular flexibility index (Phi) is 5.66. The second-order valence-electron chi connectivity index (χ2n) is 5.60. The summed E-state index contributed by atoms with van der Waals surface area (Å²) in [6.45, 7) is 2.21. The molecular formula is C18H17ClN2O6. The number of fused-ring (bicyclic) bond motifs is 1. The molecule has 0 radical (unpaired) electrons. The summed E-state index contributed by atoms with van der Waals surface area (Å²) < 4.78 is 21.4. The molecule has 0 aliphatic carbocycles. The second kappa shape index (κ2) is 8.13. The van der Waals surface area contributed by atoms with Crippen LogP contribution >= 0.6 is 11.6 Å². The first-order chi connectivity index (χ1) is 13.0. The van der Waals surface area contributed by atoms with Gasteiger partial charge in [-0.2, -0.15) is 0 Å². The lowest BCUT2D eigenvalue weighted by atomic mass is 10.1. The first-order valence-corrected chi connectivity index (χ1v) is 8.46. The molecule has 2 heterocycles. The minimum absolute atomic E-state index is 0.181. The highest BCUT2D eigenvalue weighted by Gasteiger charge is 2.24. The van der Waals surface area contributed by atoms with Gasteiger partial charge in [-0.1, -0.05) is 11.6 Å². The van der Waals surface area contributed by atoms with Crippen LogP contribution < -0.4 is 19.5 Å². The van der Waals surface area contributed by atoms with Crippen LogP contribution in [0.2, 0.25) is 5.02 Å². The molecule has 1 N–H and O–H groups in total. The van der Waals surface area contributed by atoms with Crippen LogP contribution in [0.3, 0.4) is 0 Å². The van der Waals surface area contributed by atoms with Crippen molar-refractivity contribution in [2.75, 3.05) is 25.6 Å². The average molecular weight is 393 g/mol. The maximum absolute atomic E-state index is 12.4. The molecular weight excluding hydrogens is 376 g/mol. The number of methoxy groups -OCH3 is 1. The van der Waals surface area contributed by atoms with E-state index in [2.05, 4.69) is 10.3 Å². The van der Waals surface area contributed by atoms with E-state index in [-0.39, 0.29) is 5.56 Å². The first-order valence-electron chi connectivity index (χ1n) is 8.09. The standard InChI is InChI=1S/C18H17ClN2O6/c1-10(17(22)21-15-4-3-12(19)9-20-15)27-18(23)11-7-13(24-2)16-14(8-11)25-5-6-26-16/h3-4,7-10H,5-6H2,1-2H3,(H,20,21,22). The Morgan fingerprint density at radius 3 is 2.74 bits per heavy atom. The molecule has 0 bridgehead atoms. The lowest BCUT2D eigenvalue weighted by molar-refractivity contribution is -0.123. The SMILES string of the molecule is COc1cc(C(=O)OC(C)C(=O)Nc2ccc(Cl)cn2)cc2c1OCCO2. The van der Waals surface area contributed by atoms with Crippen LogP contribution in [-0.2, 0) is 9.53 Å². The summed E-state index contributed by atoms with van der Waals surface area (Å²) in [5.74, 6) is 0.240. The fourth-order valence-corrected chi connectivity index (χ4v) is 2.46. The molecule has 1 atom stereocenters. The number of esters is 1. The third-order valence-electron chi connectivity index (χ3n) is 3.70. The molecule has 1 unspecified atom stereocenters. The van der Waals surface area contributed by atoms with Crippen molar-refractivity contribution in [3.8, 4) is 17.2 Å². The predicted molar refractivity (Wildman–Crippen MR) is 96.7 cm³/mol. The summed E-state index contributed by atoms with van der Waals surface area (Å²) in [6.07, 6.45) is 0.351. The average Bonchev–Trinajstić information content (AvgIpc) is 2.68. The highest BCUT2D eigenvalue weighted by molar-refractivity contribution is 6.30. The molecule has 1 amide bonds. The molecule has 8 nitrogen and oxygen atoms in total. The van der Waals surface area contributed by atoms with E-state index in [1.54, 1.807) is 12.1 Å². The van der Waals surface area contributed by atoms with Crippen molar-refractivity contribution < 1.29 is 28.5 Å². The Labute approximate surface area is 160 Å². The van der Waals surface area contributed by atoms with Crippen LogP contribution in [0.25, 0.3) is 0 Å². The van der Waals surface area contributed by atoms with Gasteiger partial charge in [-0.3, -0.25) is 4.79 Å². The van der Waals surface area contributed by atoms with Crippen LogP contribution in [0.15, 0.2) is 30.5 Å². The number of carbonyl (C=O) groups is 2. The Bertz CT molecular complexity index is 838. The molecule has 1 aliphatic heterocycles. The van der Waals surface area contributed by atoms with E-state index < -0.39 is 18.0 Å². The number of anilines is 1. The van der Waals surface area contributed by atoms with Gasteiger partial charge in [0.05, 0.1) is 17.7 Å². The van der Waals surface area contributed by atoms with Gasteiger partial charge in [-0.15, -0.1) is 0 Å². The Balaban J connectivity index is 1.69. The molecule has 0 saturated carbocycles. The molecule has 1 aromatic heterocycles. The lowest BCUT2D eigenvalue weighted by Gasteiger charge is -2.21. The number of halogens is 1. The van der Waals surface area contributed by atoms with Crippen molar-refractivity contribution in [1.29, 1.82) is 0 Å². The smallest absolute Gasteiger partial charge is 0.339 e. The molecule has 0 fully saturated rings. The number of aromatic nitrogens is 1. The highest BCUT2D eigenvalue weighted by Crippen LogP contribution is 2.40. The molecule has 1 aliphatic rings. The summed E-state index contributed by atoms with van der Waals surface area (Å²) in [4.78, 5) is 28.6. The van der Waals surface area contributed by atoms with E-state index in [1.807, 2.05) is 0 Å². The van der Waals surface area contributed by atoms with Crippen molar-refractivity contribution in [2.45, 2.75) is 13.0 Å². The number of rotatable bonds is 5. The van der Waals surface area contributed by atoms with E-state index in [4.69, 9.17) is 30.5 Å². The third kappa shape index (κ3) is 4.40. The summed E-state index contributed by atoms with van der Waals surface area (Å²) >= 11 is 5.75. The summed E-state index contributed by atoms with van der Waals surface area (Å²) in [6, 6.07) is 6.09. The molecule has 9 heteroatoms. The summed E-state index contributed by atoms with van der Waals surface area (Å²) in [7, 11) is 1.46. The number of nitrogens with zero attached hydrogens (tertiary/aromatic N) is 1.